The Bertz CT molecular complexity index is 152. The smallest absolute Gasteiger partial charge is 0.0619 e. The molecule has 1 atom stereocenters. The van der Waals surface area contributed by atoms with Gasteiger partial charge >= 0.3 is 0 Å². The predicted octanol–water partition coefficient (Wildman–Crippen LogP) is 2.92. The van der Waals surface area contributed by atoms with Gasteiger partial charge in [-0.15, -0.1) is 0 Å². The summed E-state index contributed by atoms with van der Waals surface area (Å²) >= 11 is 2.11. The summed E-state index contributed by atoms with van der Waals surface area (Å²) < 4.78 is 5.57. The van der Waals surface area contributed by atoms with Crippen LogP contribution in [0.4, 0.5) is 0 Å². The molecule has 0 bridgehead atoms. The number of ether oxygens (including phenoxy) is 1. The first-order valence-corrected chi connectivity index (χ1v) is 7.91. The van der Waals surface area contributed by atoms with E-state index in [0.717, 1.165) is 25.7 Å². The van der Waals surface area contributed by atoms with E-state index < -0.39 is 0 Å². The Kier molecular flexibility index (Phi) is 8.34. The quantitative estimate of drug-likeness (QED) is 0.710. The van der Waals surface area contributed by atoms with Crippen LogP contribution < -0.4 is 5.32 Å². The molecule has 1 saturated heterocycles. The second kappa shape index (κ2) is 9.32. The maximum absolute atomic E-state index is 5.57. The number of rotatable bonds is 8. The first kappa shape index (κ1) is 14.3. The lowest BCUT2D eigenvalue weighted by atomic mass is 9.94. The van der Waals surface area contributed by atoms with E-state index in [-0.39, 0.29) is 0 Å². The molecule has 2 nitrogen and oxygen atoms in total. The van der Waals surface area contributed by atoms with Gasteiger partial charge in [0.05, 0.1) is 6.61 Å². The van der Waals surface area contributed by atoms with Gasteiger partial charge in [-0.3, -0.25) is 0 Å². The van der Waals surface area contributed by atoms with Crippen LogP contribution in [-0.4, -0.2) is 37.3 Å². The van der Waals surface area contributed by atoms with Crippen molar-refractivity contribution in [2.75, 3.05) is 31.3 Å². The second-order valence-electron chi connectivity index (χ2n) is 4.60. The maximum Gasteiger partial charge on any atom is 0.0619 e. The molecule has 0 aromatic carbocycles. The van der Waals surface area contributed by atoms with Gasteiger partial charge in [-0.2, -0.15) is 11.8 Å². The highest BCUT2D eigenvalue weighted by molar-refractivity contribution is 7.99. The molecule has 0 aromatic heterocycles. The molecule has 0 aromatic rings. The van der Waals surface area contributed by atoms with E-state index in [1.165, 1.54) is 37.2 Å². The normalized spacial score (nSPS) is 19.9. The van der Waals surface area contributed by atoms with E-state index in [2.05, 4.69) is 30.9 Å². The van der Waals surface area contributed by atoms with Crippen molar-refractivity contribution in [1.82, 2.24) is 5.32 Å². The summed E-state index contributed by atoms with van der Waals surface area (Å²) in [5.41, 5.74) is 0. The summed E-state index contributed by atoms with van der Waals surface area (Å²) in [6.45, 7) is 7.15. The number of hydrogen-bond donors (Lipinski definition) is 1. The second-order valence-corrected chi connectivity index (χ2v) is 5.83. The minimum absolute atomic E-state index is 0.577. The summed E-state index contributed by atoms with van der Waals surface area (Å²) in [6, 6.07) is 0.577. The lowest BCUT2D eigenvalue weighted by molar-refractivity contribution is 0.113. The summed E-state index contributed by atoms with van der Waals surface area (Å²) in [5.74, 6) is 3.65. The van der Waals surface area contributed by atoms with E-state index in [1.807, 2.05) is 0 Å². The molecule has 1 aliphatic heterocycles. The van der Waals surface area contributed by atoms with Crippen LogP contribution in [0.5, 0.6) is 0 Å². The third kappa shape index (κ3) is 6.12. The molecular weight excluding hydrogens is 218 g/mol. The Morgan fingerprint density at radius 1 is 1.31 bits per heavy atom. The van der Waals surface area contributed by atoms with Gasteiger partial charge in [-0.1, -0.05) is 6.92 Å². The average Bonchev–Trinajstić information content (AvgIpc) is 2.34. The summed E-state index contributed by atoms with van der Waals surface area (Å²) in [7, 11) is 0. The van der Waals surface area contributed by atoms with Crippen molar-refractivity contribution in [2.45, 2.75) is 45.6 Å². The molecule has 96 valence electrons. The molecule has 0 radical (unpaired) electrons. The van der Waals surface area contributed by atoms with Crippen molar-refractivity contribution in [3.05, 3.63) is 0 Å². The van der Waals surface area contributed by atoms with Crippen LogP contribution >= 0.6 is 11.8 Å². The zero-order chi connectivity index (χ0) is 11.6. The molecule has 1 fully saturated rings. The van der Waals surface area contributed by atoms with Crippen LogP contribution in [0, 0.1) is 5.92 Å². The molecule has 3 heteroatoms. The number of hydrogen-bond acceptors (Lipinski definition) is 3. The van der Waals surface area contributed by atoms with Crippen molar-refractivity contribution in [1.29, 1.82) is 0 Å². The molecule has 0 spiro atoms. The van der Waals surface area contributed by atoms with Gasteiger partial charge in [-0.05, 0) is 56.6 Å². The van der Waals surface area contributed by atoms with Crippen molar-refractivity contribution >= 4 is 11.8 Å². The van der Waals surface area contributed by atoms with Gasteiger partial charge < -0.3 is 10.1 Å². The SMILES string of the molecule is CCCNC(COCC)CC1CCSCC1. The van der Waals surface area contributed by atoms with Crippen molar-refractivity contribution in [2.24, 2.45) is 5.92 Å². The van der Waals surface area contributed by atoms with Crippen LogP contribution in [0.25, 0.3) is 0 Å². The van der Waals surface area contributed by atoms with Gasteiger partial charge in [0.1, 0.15) is 0 Å². The van der Waals surface area contributed by atoms with Crippen molar-refractivity contribution < 1.29 is 4.74 Å². The highest BCUT2D eigenvalue weighted by Crippen LogP contribution is 2.26. The number of thioether (sulfide) groups is 1. The minimum Gasteiger partial charge on any atom is -0.380 e. The lowest BCUT2D eigenvalue weighted by Crippen LogP contribution is -2.36. The Morgan fingerprint density at radius 2 is 2.06 bits per heavy atom. The fraction of sp³-hybridized carbons (Fsp3) is 1.00. The fourth-order valence-electron chi connectivity index (χ4n) is 2.20. The zero-order valence-corrected chi connectivity index (χ0v) is 11.7. The van der Waals surface area contributed by atoms with Gasteiger partial charge in [0, 0.05) is 12.6 Å². The highest BCUT2D eigenvalue weighted by atomic mass is 32.2. The third-order valence-electron chi connectivity index (χ3n) is 3.16. The first-order valence-electron chi connectivity index (χ1n) is 6.75. The van der Waals surface area contributed by atoms with Crippen molar-refractivity contribution in [3.8, 4) is 0 Å². The maximum atomic E-state index is 5.57. The zero-order valence-electron chi connectivity index (χ0n) is 10.8. The van der Waals surface area contributed by atoms with Crippen LogP contribution in [0.1, 0.15) is 39.5 Å². The van der Waals surface area contributed by atoms with E-state index >= 15 is 0 Å². The molecule has 1 unspecified atom stereocenters. The monoisotopic (exact) mass is 245 g/mol. The fourth-order valence-corrected chi connectivity index (χ4v) is 3.41. The molecule has 1 rings (SSSR count). The van der Waals surface area contributed by atoms with Crippen LogP contribution in [0.2, 0.25) is 0 Å². The van der Waals surface area contributed by atoms with E-state index in [0.29, 0.717) is 6.04 Å². The van der Waals surface area contributed by atoms with E-state index in [4.69, 9.17) is 4.74 Å². The highest BCUT2D eigenvalue weighted by Gasteiger charge is 2.18. The molecule has 1 aliphatic rings. The first-order chi connectivity index (χ1) is 7.86. The topological polar surface area (TPSA) is 21.3 Å². The van der Waals surface area contributed by atoms with Crippen LogP contribution in [0.15, 0.2) is 0 Å². The molecule has 1 N–H and O–H groups in total. The third-order valence-corrected chi connectivity index (χ3v) is 4.21. The molecular formula is C13H27NOS. The van der Waals surface area contributed by atoms with Gasteiger partial charge in [-0.25, -0.2) is 0 Å². The van der Waals surface area contributed by atoms with E-state index in [1.54, 1.807) is 0 Å². The molecule has 16 heavy (non-hydrogen) atoms. The number of nitrogens with one attached hydrogen (secondary N) is 1. The van der Waals surface area contributed by atoms with Gasteiger partial charge in [0.2, 0.25) is 0 Å². The van der Waals surface area contributed by atoms with Gasteiger partial charge in [0.15, 0.2) is 0 Å². The Hall–Kier alpha value is 0.270. The average molecular weight is 245 g/mol. The predicted molar refractivity (Wildman–Crippen MR) is 73.2 cm³/mol. The minimum atomic E-state index is 0.577. The van der Waals surface area contributed by atoms with Crippen LogP contribution in [0.3, 0.4) is 0 Å². The van der Waals surface area contributed by atoms with Crippen LogP contribution in [-0.2, 0) is 4.74 Å². The van der Waals surface area contributed by atoms with Crippen molar-refractivity contribution in [3.63, 3.8) is 0 Å². The summed E-state index contributed by atoms with van der Waals surface area (Å²) in [5, 5.41) is 3.62. The largest absolute Gasteiger partial charge is 0.380 e. The summed E-state index contributed by atoms with van der Waals surface area (Å²) in [6.07, 6.45) is 5.33. The Labute approximate surface area is 105 Å². The molecule has 0 saturated carbocycles. The molecule has 1 heterocycles. The standard InChI is InChI=1S/C13H27NOS/c1-3-7-14-13(11-15-4-2)10-12-5-8-16-9-6-12/h12-14H,3-11H2,1-2H3. The summed E-state index contributed by atoms with van der Waals surface area (Å²) in [4.78, 5) is 0. The van der Waals surface area contributed by atoms with Gasteiger partial charge in [0.25, 0.3) is 0 Å². The van der Waals surface area contributed by atoms with E-state index in [9.17, 15) is 0 Å². The Balaban J connectivity index is 2.23. The Morgan fingerprint density at radius 3 is 2.69 bits per heavy atom. The molecule has 0 amide bonds. The molecule has 0 aliphatic carbocycles. The lowest BCUT2D eigenvalue weighted by Gasteiger charge is -2.27.